The second kappa shape index (κ2) is 5.90. The van der Waals surface area contributed by atoms with Crippen LogP contribution in [0.1, 0.15) is 38.2 Å². The Labute approximate surface area is 130 Å². The number of hydrogen-bond donors (Lipinski definition) is 0. The van der Waals surface area contributed by atoms with E-state index in [1.54, 1.807) is 25.3 Å². The molecule has 0 aromatic heterocycles. The molecule has 2 aromatic rings. The Morgan fingerprint density at radius 1 is 1.00 bits per heavy atom. The number of halogens is 1. The van der Waals surface area contributed by atoms with Crippen molar-refractivity contribution in [3.63, 3.8) is 0 Å². The molecule has 2 rings (SSSR count). The van der Waals surface area contributed by atoms with Gasteiger partial charge in [0.1, 0.15) is 5.75 Å². The van der Waals surface area contributed by atoms with Gasteiger partial charge in [-0.1, -0.05) is 17.7 Å². The van der Waals surface area contributed by atoms with Crippen molar-refractivity contribution in [1.82, 2.24) is 0 Å². The second-order valence-corrected chi connectivity index (χ2v) is 5.75. The minimum Gasteiger partial charge on any atom is -0.496 e. The Morgan fingerprint density at radius 2 is 1.67 bits per heavy atom. The van der Waals surface area contributed by atoms with Crippen LogP contribution in [0.4, 0.5) is 0 Å². The number of ether oxygens (including phenoxy) is 1. The molecular formula is C18H19ClO2. The molecule has 0 atom stereocenters. The Hall–Kier alpha value is -1.80. The maximum atomic E-state index is 12.9. The molecule has 0 radical (unpaired) electrons. The topological polar surface area (TPSA) is 26.3 Å². The maximum absolute atomic E-state index is 12.9. The van der Waals surface area contributed by atoms with Crippen LogP contribution in [-0.2, 0) is 0 Å². The van der Waals surface area contributed by atoms with Crippen molar-refractivity contribution >= 4 is 17.4 Å². The zero-order valence-electron chi connectivity index (χ0n) is 13.0. The fourth-order valence-electron chi connectivity index (χ4n) is 2.63. The number of benzene rings is 2. The Balaban J connectivity index is 2.66. The van der Waals surface area contributed by atoms with Crippen molar-refractivity contribution in [2.75, 3.05) is 7.11 Å². The first-order valence-corrected chi connectivity index (χ1v) is 7.20. The van der Waals surface area contributed by atoms with Crippen LogP contribution >= 0.6 is 11.6 Å². The number of aryl methyl sites for hydroxylation is 2. The number of rotatable bonds is 3. The summed E-state index contributed by atoms with van der Waals surface area (Å²) in [7, 11) is 1.56. The SMILES string of the molecule is COc1ccc(Cl)cc1C(=O)c1c(C)cc(C)c(C)c1C. The van der Waals surface area contributed by atoms with E-state index in [0.29, 0.717) is 16.3 Å². The van der Waals surface area contributed by atoms with Crippen LogP contribution in [-0.4, -0.2) is 12.9 Å². The van der Waals surface area contributed by atoms with Crippen LogP contribution in [0.3, 0.4) is 0 Å². The minimum absolute atomic E-state index is 0.0487. The summed E-state index contributed by atoms with van der Waals surface area (Å²) >= 11 is 6.03. The first-order valence-electron chi connectivity index (χ1n) is 6.82. The summed E-state index contributed by atoms with van der Waals surface area (Å²) in [6, 6.07) is 7.15. The summed E-state index contributed by atoms with van der Waals surface area (Å²) in [5.41, 5.74) is 5.56. The molecule has 21 heavy (non-hydrogen) atoms. The number of methoxy groups -OCH3 is 1. The van der Waals surface area contributed by atoms with Crippen molar-refractivity contribution in [2.24, 2.45) is 0 Å². The molecule has 0 aliphatic heterocycles. The predicted octanol–water partition coefficient (Wildman–Crippen LogP) is 4.81. The van der Waals surface area contributed by atoms with Crippen molar-refractivity contribution in [2.45, 2.75) is 27.7 Å². The van der Waals surface area contributed by atoms with Crippen LogP contribution in [0.15, 0.2) is 24.3 Å². The van der Waals surface area contributed by atoms with Crippen LogP contribution in [0.5, 0.6) is 5.75 Å². The van der Waals surface area contributed by atoms with E-state index in [1.807, 2.05) is 26.8 Å². The largest absolute Gasteiger partial charge is 0.496 e. The molecule has 0 amide bonds. The van der Waals surface area contributed by atoms with E-state index >= 15 is 0 Å². The molecule has 0 heterocycles. The molecule has 2 nitrogen and oxygen atoms in total. The van der Waals surface area contributed by atoms with Crippen molar-refractivity contribution in [3.05, 3.63) is 62.7 Å². The van der Waals surface area contributed by atoms with E-state index in [0.717, 1.165) is 22.3 Å². The van der Waals surface area contributed by atoms with Gasteiger partial charge in [-0.3, -0.25) is 4.79 Å². The molecule has 3 heteroatoms. The summed E-state index contributed by atoms with van der Waals surface area (Å²) in [5, 5.41) is 0.526. The van der Waals surface area contributed by atoms with E-state index < -0.39 is 0 Å². The first kappa shape index (κ1) is 15.6. The quantitative estimate of drug-likeness (QED) is 0.760. The van der Waals surface area contributed by atoms with Gasteiger partial charge in [0.25, 0.3) is 0 Å². The monoisotopic (exact) mass is 302 g/mol. The average molecular weight is 303 g/mol. The van der Waals surface area contributed by atoms with E-state index in [2.05, 4.69) is 6.92 Å². The number of carbonyl (C=O) groups is 1. The first-order chi connectivity index (χ1) is 9.86. The number of carbonyl (C=O) groups excluding carboxylic acids is 1. The van der Waals surface area contributed by atoms with Crippen LogP contribution in [0.2, 0.25) is 5.02 Å². The van der Waals surface area contributed by atoms with Gasteiger partial charge in [-0.2, -0.15) is 0 Å². The summed E-state index contributed by atoms with van der Waals surface area (Å²) in [5.74, 6) is 0.494. The molecular weight excluding hydrogens is 284 g/mol. The molecule has 0 saturated heterocycles. The maximum Gasteiger partial charge on any atom is 0.197 e. The zero-order valence-corrected chi connectivity index (χ0v) is 13.8. The molecule has 2 aromatic carbocycles. The van der Waals surface area contributed by atoms with Crippen LogP contribution in [0, 0.1) is 27.7 Å². The lowest BCUT2D eigenvalue weighted by atomic mass is 9.89. The van der Waals surface area contributed by atoms with Crippen molar-refractivity contribution in [3.8, 4) is 5.75 Å². The molecule has 0 N–H and O–H groups in total. The molecule has 110 valence electrons. The van der Waals surface area contributed by atoms with Crippen molar-refractivity contribution in [1.29, 1.82) is 0 Å². The van der Waals surface area contributed by atoms with Gasteiger partial charge in [0.2, 0.25) is 0 Å². The molecule has 0 bridgehead atoms. The molecule has 0 spiro atoms. The predicted molar refractivity (Wildman–Crippen MR) is 86.8 cm³/mol. The minimum atomic E-state index is -0.0487. The Morgan fingerprint density at radius 3 is 2.29 bits per heavy atom. The second-order valence-electron chi connectivity index (χ2n) is 5.31. The summed E-state index contributed by atoms with van der Waals surface area (Å²) in [6.07, 6.45) is 0. The van der Waals surface area contributed by atoms with Gasteiger partial charge in [0, 0.05) is 10.6 Å². The normalized spacial score (nSPS) is 10.6. The lowest BCUT2D eigenvalue weighted by Gasteiger charge is -2.15. The third kappa shape index (κ3) is 2.81. The third-order valence-corrected chi connectivity index (χ3v) is 4.22. The van der Waals surface area contributed by atoms with Crippen LogP contribution in [0.25, 0.3) is 0 Å². The number of hydrogen-bond acceptors (Lipinski definition) is 2. The van der Waals surface area contributed by atoms with E-state index in [4.69, 9.17) is 16.3 Å². The average Bonchev–Trinajstić information content (AvgIpc) is 2.44. The molecule has 0 aliphatic carbocycles. The van der Waals surface area contributed by atoms with Gasteiger partial charge >= 0.3 is 0 Å². The zero-order chi connectivity index (χ0) is 15.7. The smallest absolute Gasteiger partial charge is 0.197 e. The van der Waals surface area contributed by atoms with Gasteiger partial charge < -0.3 is 4.74 Å². The lowest BCUT2D eigenvalue weighted by Crippen LogP contribution is -2.10. The summed E-state index contributed by atoms with van der Waals surface area (Å²) in [4.78, 5) is 12.9. The van der Waals surface area contributed by atoms with Crippen molar-refractivity contribution < 1.29 is 9.53 Å². The summed E-state index contributed by atoms with van der Waals surface area (Å²) in [6.45, 7) is 8.04. The standard InChI is InChI=1S/C18H19ClO2/c1-10-8-11(2)17(13(4)12(10)3)18(20)15-9-14(19)6-7-16(15)21-5/h6-9H,1-5H3. The highest BCUT2D eigenvalue weighted by Gasteiger charge is 2.20. The van der Waals surface area contributed by atoms with Gasteiger partial charge in [-0.15, -0.1) is 0 Å². The molecule has 0 aliphatic rings. The third-order valence-electron chi connectivity index (χ3n) is 3.99. The highest BCUT2D eigenvalue weighted by atomic mass is 35.5. The lowest BCUT2D eigenvalue weighted by molar-refractivity contribution is 0.103. The van der Waals surface area contributed by atoms with Gasteiger partial charge in [-0.05, 0) is 68.1 Å². The molecule has 0 fully saturated rings. The van der Waals surface area contributed by atoms with Gasteiger partial charge in [-0.25, -0.2) is 0 Å². The van der Waals surface area contributed by atoms with E-state index in [9.17, 15) is 4.79 Å². The fourth-order valence-corrected chi connectivity index (χ4v) is 2.80. The highest BCUT2D eigenvalue weighted by molar-refractivity contribution is 6.31. The Kier molecular flexibility index (Phi) is 4.38. The summed E-state index contributed by atoms with van der Waals surface area (Å²) < 4.78 is 5.30. The van der Waals surface area contributed by atoms with Crippen LogP contribution < -0.4 is 4.74 Å². The highest BCUT2D eigenvalue weighted by Crippen LogP contribution is 2.29. The fraction of sp³-hybridized carbons (Fsp3) is 0.278. The Bertz CT molecular complexity index is 718. The molecule has 0 unspecified atom stereocenters. The van der Waals surface area contributed by atoms with E-state index in [-0.39, 0.29) is 5.78 Å². The van der Waals surface area contributed by atoms with Gasteiger partial charge in [0.15, 0.2) is 5.78 Å². The molecule has 0 saturated carbocycles. The number of ketones is 1. The van der Waals surface area contributed by atoms with Gasteiger partial charge in [0.05, 0.1) is 12.7 Å². The van der Waals surface area contributed by atoms with E-state index in [1.165, 1.54) is 5.56 Å².